The lowest BCUT2D eigenvalue weighted by atomic mass is 9.87. The number of carboxylic acid groups (broad SMARTS) is 1. The van der Waals surface area contributed by atoms with Crippen molar-refractivity contribution in [3.8, 4) is 0 Å². The molecule has 7 nitrogen and oxygen atoms in total. The maximum Gasteiger partial charge on any atom is 0.407 e. The third-order valence-corrected chi connectivity index (χ3v) is 4.47. The summed E-state index contributed by atoms with van der Waals surface area (Å²) >= 11 is 0. The highest BCUT2D eigenvalue weighted by atomic mass is 19.1. The normalized spacial score (nSPS) is 18.3. The van der Waals surface area contributed by atoms with Crippen LogP contribution in [0, 0.1) is 18.7 Å². The number of nitrogens with one attached hydrogen (secondary N) is 1. The Kier molecular flexibility index (Phi) is 7.20. The van der Waals surface area contributed by atoms with Gasteiger partial charge in [0.2, 0.25) is 0 Å². The molecule has 144 valence electrons. The van der Waals surface area contributed by atoms with Crippen LogP contribution < -0.4 is 5.32 Å². The molecule has 26 heavy (non-hydrogen) atoms. The molecule has 2 rings (SSSR count). The average molecular weight is 368 g/mol. The quantitative estimate of drug-likeness (QED) is 0.754. The lowest BCUT2D eigenvalue weighted by Crippen LogP contribution is -2.41. The number of carbonyl (C=O) groups is 2. The lowest BCUT2D eigenvalue weighted by molar-refractivity contribution is -0.0135. The van der Waals surface area contributed by atoms with Crippen molar-refractivity contribution in [2.24, 2.45) is 5.92 Å². The smallest absolute Gasteiger partial charge is 0.407 e. The number of nitrogens with zero attached hydrogens (tertiary/aromatic N) is 1. The number of methoxy groups -OCH3 is 1. The Morgan fingerprint density at radius 3 is 2.92 bits per heavy atom. The van der Waals surface area contributed by atoms with E-state index in [9.17, 15) is 19.1 Å². The van der Waals surface area contributed by atoms with Crippen molar-refractivity contribution in [1.29, 1.82) is 0 Å². The first-order valence-electron chi connectivity index (χ1n) is 8.59. The topological polar surface area (TPSA) is 88.1 Å². The molecule has 0 bridgehead atoms. The molecule has 2 atom stereocenters. The number of hydrogen-bond donors (Lipinski definition) is 2. The van der Waals surface area contributed by atoms with Crippen molar-refractivity contribution < 1.29 is 28.6 Å². The van der Waals surface area contributed by atoms with Gasteiger partial charge in [-0.25, -0.2) is 14.0 Å². The van der Waals surface area contributed by atoms with Crippen molar-refractivity contribution in [2.75, 3.05) is 33.4 Å². The molecule has 1 fully saturated rings. The molecule has 1 aliphatic heterocycles. The van der Waals surface area contributed by atoms with Crippen LogP contribution >= 0.6 is 0 Å². The fourth-order valence-electron chi connectivity index (χ4n) is 3.20. The molecule has 1 aliphatic rings. The first kappa shape index (κ1) is 20.0. The Morgan fingerprint density at radius 2 is 2.23 bits per heavy atom. The highest BCUT2D eigenvalue weighted by Crippen LogP contribution is 2.34. The number of carbonyl (C=O) groups excluding carboxylic acids is 1. The minimum Gasteiger partial charge on any atom is -0.465 e. The van der Waals surface area contributed by atoms with Gasteiger partial charge in [-0.05, 0) is 25.8 Å². The van der Waals surface area contributed by atoms with Gasteiger partial charge in [-0.15, -0.1) is 0 Å². The Hall–Kier alpha value is -2.35. The molecule has 8 heteroatoms. The number of rotatable bonds is 6. The van der Waals surface area contributed by atoms with E-state index in [1.54, 1.807) is 12.1 Å². The predicted molar refractivity (Wildman–Crippen MR) is 92.6 cm³/mol. The second kappa shape index (κ2) is 9.38. The van der Waals surface area contributed by atoms with E-state index in [1.807, 2.05) is 6.92 Å². The zero-order valence-electron chi connectivity index (χ0n) is 15.0. The summed E-state index contributed by atoms with van der Waals surface area (Å²) in [5.41, 5.74) is 1.31. The van der Waals surface area contributed by atoms with E-state index in [1.165, 1.54) is 18.1 Å². The molecule has 0 spiro atoms. The van der Waals surface area contributed by atoms with E-state index in [2.05, 4.69) is 10.1 Å². The Balaban J connectivity index is 2.14. The minimum atomic E-state index is -0.981. The third-order valence-electron chi connectivity index (χ3n) is 4.47. The van der Waals surface area contributed by atoms with Crippen LogP contribution in [0.4, 0.5) is 14.0 Å². The number of piperidine rings is 1. The lowest BCUT2D eigenvalue weighted by Gasteiger charge is -2.36. The summed E-state index contributed by atoms with van der Waals surface area (Å²) in [6.07, 6.45) is -0.694. The van der Waals surface area contributed by atoms with Gasteiger partial charge in [0.1, 0.15) is 5.82 Å². The van der Waals surface area contributed by atoms with E-state index >= 15 is 0 Å². The molecular weight excluding hydrogens is 343 g/mol. The summed E-state index contributed by atoms with van der Waals surface area (Å²) in [5, 5.41) is 11.8. The summed E-state index contributed by atoms with van der Waals surface area (Å²) in [6.45, 7) is 3.00. The van der Waals surface area contributed by atoms with Crippen molar-refractivity contribution in [3.05, 3.63) is 35.1 Å². The van der Waals surface area contributed by atoms with Crippen LogP contribution in [0.2, 0.25) is 0 Å². The average Bonchev–Trinajstić information content (AvgIpc) is 2.64. The van der Waals surface area contributed by atoms with E-state index in [-0.39, 0.29) is 31.4 Å². The van der Waals surface area contributed by atoms with Crippen LogP contribution in [0.3, 0.4) is 0 Å². The minimum absolute atomic E-state index is 0.158. The van der Waals surface area contributed by atoms with Gasteiger partial charge in [0.05, 0.1) is 19.8 Å². The number of likely N-dealkylation sites (tertiary alicyclic amines) is 1. The van der Waals surface area contributed by atoms with E-state index in [0.717, 1.165) is 12.0 Å². The fraction of sp³-hybridized carbons (Fsp3) is 0.556. The molecule has 0 saturated carbocycles. The van der Waals surface area contributed by atoms with E-state index in [4.69, 9.17) is 4.74 Å². The maximum absolute atomic E-state index is 14.4. The number of ether oxygens (including phenoxy) is 2. The summed E-state index contributed by atoms with van der Waals surface area (Å²) < 4.78 is 24.8. The van der Waals surface area contributed by atoms with Gasteiger partial charge in [0, 0.05) is 31.1 Å². The summed E-state index contributed by atoms with van der Waals surface area (Å²) in [4.78, 5) is 23.8. The fourth-order valence-corrected chi connectivity index (χ4v) is 3.20. The molecule has 1 heterocycles. The molecule has 1 aromatic carbocycles. The Labute approximate surface area is 152 Å². The van der Waals surface area contributed by atoms with E-state index in [0.29, 0.717) is 18.5 Å². The summed E-state index contributed by atoms with van der Waals surface area (Å²) in [7, 11) is 1.27. The summed E-state index contributed by atoms with van der Waals surface area (Å²) in [6, 6.07) is 4.80. The molecular formula is C18H25FN2O5. The van der Waals surface area contributed by atoms with Gasteiger partial charge in [0.25, 0.3) is 0 Å². The van der Waals surface area contributed by atoms with Crippen molar-refractivity contribution in [1.82, 2.24) is 10.2 Å². The number of alkyl carbamates (subject to hydrolysis) is 1. The second-order valence-corrected chi connectivity index (χ2v) is 6.37. The molecule has 2 unspecified atom stereocenters. The number of benzene rings is 1. The third kappa shape index (κ3) is 5.32. The van der Waals surface area contributed by atoms with Gasteiger partial charge in [-0.3, -0.25) is 0 Å². The number of amides is 2. The molecule has 0 aromatic heterocycles. The van der Waals surface area contributed by atoms with Gasteiger partial charge in [0.15, 0.2) is 0 Å². The number of aryl methyl sites for hydroxylation is 1. The summed E-state index contributed by atoms with van der Waals surface area (Å²) in [5.74, 6) is -0.539. The van der Waals surface area contributed by atoms with Crippen LogP contribution in [-0.4, -0.2) is 55.5 Å². The van der Waals surface area contributed by atoms with Crippen LogP contribution in [0.25, 0.3) is 0 Å². The largest absolute Gasteiger partial charge is 0.465 e. The van der Waals surface area contributed by atoms with Gasteiger partial charge < -0.3 is 24.8 Å². The van der Waals surface area contributed by atoms with Crippen LogP contribution in [0.15, 0.2) is 18.2 Å². The van der Waals surface area contributed by atoms with Gasteiger partial charge in [-0.2, -0.15) is 0 Å². The zero-order chi connectivity index (χ0) is 19.1. The monoisotopic (exact) mass is 368 g/mol. The molecule has 0 radical (unpaired) electrons. The van der Waals surface area contributed by atoms with E-state index < -0.39 is 18.3 Å². The van der Waals surface area contributed by atoms with Crippen LogP contribution in [-0.2, 0) is 9.47 Å². The zero-order valence-corrected chi connectivity index (χ0v) is 15.0. The number of halogens is 1. The molecule has 2 N–H and O–H groups in total. The standard InChI is InChI=1S/C18H25FN2O5/c1-12-5-6-15(19)14(10-12)16(26-9-7-20-17(22)25-2)13-4-3-8-21(11-13)18(23)24/h5-6,10,13,16H,3-4,7-9,11H2,1-2H3,(H,20,22)(H,23,24). The van der Waals surface area contributed by atoms with Crippen molar-refractivity contribution in [2.45, 2.75) is 25.9 Å². The Morgan fingerprint density at radius 1 is 1.46 bits per heavy atom. The molecule has 0 aliphatic carbocycles. The predicted octanol–water partition coefficient (Wildman–Crippen LogP) is 2.94. The van der Waals surface area contributed by atoms with Crippen molar-refractivity contribution >= 4 is 12.2 Å². The highest BCUT2D eigenvalue weighted by Gasteiger charge is 2.32. The number of hydrogen-bond acceptors (Lipinski definition) is 4. The van der Waals surface area contributed by atoms with Crippen LogP contribution in [0.1, 0.15) is 30.1 Å². The maximum atomic E-state index is 14.4. The first-order chi connectivity index (χ1) is 12.4. The highest BCUT2D eigenvalue weighted by molar-refractivity contribution is 5.66. The first-order valence-corrected chi connectivity index (χ1v) is 8.59. The molecule has 1 aromatic rings. The van der Waals surface area contributed by atoms with Gasteiger partial charge >= 0.3 is 12.2 Å². The Bertz CT molecular complexity index is 640. The van der Waals surface area contributed by atoms with Gasteiger partial charge in [-0.1, -0.05) is 17.7 Å². The molecule has 1 saturated heterocycles. The van der Waals surface area contributed by atoms with Crippen molar-refractivity contribution in [3.63, 3.8) is 0 Å². The molecule has 2 amide bonds. The SMILES string of the molecule is COC(=O)NCCOC(c1cc(C)ccc1F)C1CCCN(C(=O)O)C1. The van der Waals surface area contributed by atoms with Crippen LogP contribution in [0.5, 0.6) is 0 Å². The second-order valence-electron chi connectivity index (χ2n) is 6.37.